The highest BCUT2D eigenvalue weighted by molar-refractivity contribution is 8.04. The lowest BCUT2D eigenvalue weighted by molar-refractivity contribution is -0.137. The van der Waals surface area contributed by atoms with E-state index in [1.54, 1.807) is 11.8 Å². The Balaban J connectivity index is 1.96. The molecule has 0 N–H and O–H groups in total. The molecule has 1 aromatic rings. The van der Waals surface area contributed by atoms with Gasteiger partial charge in [-0.3, -0.25) is 4.79 Å². The highest BCUT2D eigenvalue weighted by atomic mass is 35.5. The van der Waals surface area contributed by atoms with Gasteiger partial charge in [-0.25, -0.2) is 0 Å². The zero-order chi connectivity index (χ0) is 14.4. The molecule has 20 heavy (non-hydrogen) atoms. The van der Waals surface area contributed by atoms with Crippen LogP contribution in [0.1, 0.15) is 25.7 Å². The van der Waals surface area contributed by atoms with Crippen molar-refractivity contribution in [1.82, 2.24) is 0 Å². The van der Waals surface area contributed by atoms with Crippen LogP contribution in [-0.2, 0) is 9.53 Å². The van der Waals surface area contributed by atoms with Crippen LogP contribution in [0.25, 0.3) is 0 Å². The second-order valence-electron chi connectivity index (χ2n) is 4.80. The number of hydrogen-bond acceptors (Lipinski definition) is 4. The van der Waals surface area contributed by atoms with Gasteiger partial charge in [0.05, 0.1) is 17.9 Å². The molecule has 0 aromatic heterocycles. The van der Waals surface area contributed by atoms with Gasteiger partial charge in [0.2, 0.25) is 0 Å². The Kier molecular flexibility index (Phi) is 6.59. The molecule has 0 bridgehead atoms. The summed E-state index contributed by atoms with van der Waals surface area (Å²) < 4.78 is 4.73. The van der Waals surface area contributed by atoms with Crippen molar-refractivity contribution in [3.05, 3.63) is 29.3 Å². The number of benzene rings is 1. The Hall–Kier alpha value is -0.320. The molecule has 2 atom stereocenters. The molecule has 2 nitrogen and oxygen atoms in total. The lowest BCUT2D eigenvalue weighted by Crippen LogP contribution is -2.25. The highest BCUT2D eigenvalue weighted by Gasteiger charge is 2.27. The molecule has 110 valence electrons. The van der Waals surface area contributed by atoms with Gasteiger partial charge in [-0.2, -0.15) is 0 Å². The van der Waals surface area contributed by atoms with Gasteiger partial charge < -0.3 is 4.74 Å². The van der Waals surface area contributed by atoms with Crippen molar-refractivity contribution in [1.29, 1.82) is 0 Å². The molecular formula is C15H19ClO2S2. The molecule has 1 fully saturated rings. The van der Waals surface area contributed by atoms with Crippen molar-refractivity contribution in [3.63, 3.8) is 0 Å². The second kappa shape index (κ2) is 8.20. The molecule has 1 aliphatic rings. The van der Waals surface area contributed by atoms with Crippen LogP contribution in [0, 0.1) is 0 Å². The molecule has 0 spiro atoms. The number of methoxy groups -OCH3 is 1. The summed E-state index contributed by atoms with van der Waals surface area (Å²) in [6.45, 7) is 0. The molecule has 0 unspecified atom stereocenters. The summed E-state index contributed by atoms with van der Waals surface area (Å²) >= 11 is 9.82. The van der Waals surface area contributed by atoms with Crippen LogP contribution >= 0.6 is 35.1 Å². The molecule has 1 saturated carbocycles. The number of ether oxygens (including phenoxy) is 1. The van der Waals surface area contributed by atoms with Crippen LogP contribution in [-0.4, -0.2) is 29.3 Å². The fraction of sp³-hybridized carbons (Fsp3) is 0.533. The number of carbonyl (C=O) groups excluding carboxylic acids is 1. The van der Waals surface area contributed by atoms with Crippen molar-refractivity contribution >= 4 is 41.1 Å². The van der Waals surface area contributed by atoms with Crippen molar-refractivity contribution in [2.24, 2.45) is 0 Å². The maximum atomic E-state index is 11.3. The Labute approximate surface area is 134 Å². The predicted octanol–water partition coefficient (Wildman–Crippen LogP) is 4.65. The fourth-order valence-electron chi connectivity index (χ4n) is 2.33. The van der Waals surface area contributed by atoms with E-state index >= 15 is 0 Å². The van der Waals surface area contributed by atoms with Crippen LogP contribution in [0.5, 0.6) is 0 Å². The minimum atomic E-state index is -0.137. The van der Waals surface area contributed by atoms with Crippen molar-refractivity contribution in [2.45, 2.75) is 41.1 Å². The molecule has 0 amide bonds. The maximum Gasteiger partial charge on any atom is 0.315 e. The Morgan fingerprint density at radius 1 is 1.30 bits per heavy atom. The minimum Gasteiger partial charge on any atom is -0.468 e. The van der Waals surface area contributed by atoms with Gasteiger partial charge in [-0.05, 0) is 25.0 Å². The van der Waals surface area contributed by atoms with E-state index in [1.165, 1.54) is 32.8 Å². The second-order valence-corrected chi connectivity index (χ2v) is 7.71. The van der Waals surface area contributed by atoms with Crippen LogP contribution in [0.15, 0.2) is 29.2 Å². The van der Waals surface area contributed by atoms with Gasteiger partial charge in [-0.15, -0.1) is 23.5 Å². The molecule has 0 aliphatic heterocycles. The maximum absolute atomic E-state index is 11.3. The van der Waals surface area contributed by atoms with Gasteiger partial charge in [0.1, 0.15) is 0 Å². The third-order valence-electron chi connectivity index (χ3n) is 3.40. The number of esters is 1. The summed E-state index contributed by atoms with van der Waals surface area (Å²) in [7, 11) is 1.44. The molecule has 1 aromatic carbocycles. The molecule has 0 radical (unpaired) electrons. The van der Waals surface area contributed by atoms with Gasteiger partial charge in [-0.1, -0.05) is 36.6 Å². The molecular weight excluding hydrogens is 312 g/mol. The first-order valence-corrected chi connectivity index (χ1v) is 9.11. The van der Waals surface area contributed by atoms with Crippen molar-refractivity contribution < 1.29 is 9.53 Å². The monoisotopic (exact) mass is 330 g/mol. The van der Waals surface area contributed by atoms with Gasteiger partial charge >= 0.3 is 5.97 Å². The van der Waals surface area contributed by atoms with Crippen LogP contribution in [0.2, 0.25) is 5.02 Å². The molecule has 2 rings (SSSR count). The van der Waals surface area contributed by atoms with Gasteiger partial charge in [0.15, 0.2) is 0 Å². The Morgan fingerprint density at radius 3 is 2.70 bits per heavy atom. The van der Waals surface area contributed by atoms with E-state index in [-0.39, 0.29) is 5.97 Å². The summed E-state index contributed by atoms with van der Waals surface area (Å²) in [6, 6.07) is 7.98. The first-order valence-electron chi connectivity index (χ1n) is 6.80. The van der Waals surface area contributed by atoms with E-state index in [2.05, 4.69) is 6.07 Å². The van der Waals surface area contributed by atoms with Crippen molar-refractivity contribution in [2.75, 3.05) is 12.9 Å². The van der Waals surface area contributed by atoms with E-state index in [0.717, 1.165) is 9.92 Å². The van der Waals surface area contributed by atoms with E-state index < -0.39 is 0 Å². The zero-order valence-corrected chi connectivity index (χ0v) is 13.9. The van der Waals surface area contributed by atoms with E-state index in [4.69, 9.17) is 16.3 Å². The average molecular weight is 331 g/mol. The topological polar surface area (TPSA) is 26.3 Å². The number of carbonyl (C=O) groups is 1. The molecule has 0 saturated heterocycles. The van der Waals surface area contributed by atoms with Crippen LogP contribution in [0.3, 0.4) is 0 Å². The van der Waals surface area contributed by atoms with Crippen LogP contribution in [0.4, 0.5) is 0 Å². The SMILES string of the molecule is COC(=O)CS[C@@H]1CCCC[C@H]1Sc1ccccc1Cl. The summed E-state index contributed by atoms with van der Waals surface area (Å²) in [5.74, 6) is 0.308. The van der Waals surface area contributed by atoms with E-state index in [9.17, 15) is 4.79 Å². The van der Waals surface area contributed by atoms with E-state index in [0.29, 0.717) is 16.3 Å². The zero-order valence-electron chi connectivity index (χ0n) is 11.5. The third-order valence-corrected chi connectivity index (χ3v) is 6.89. The number of thioether (sulfide) groups is 2. The molecule has 1 aliphatic carbocycles. The first kappa shape index (κ1) is 16.1. The largest absolute Gasteiger partial charge is 0.468 e. The van der Waals surface area contributed by atoms with Crippen molar-refractivity contribution in [3.8, 4) is 0 Å². The quantitative estimate of drug-likeness (QED) is 0.734. The standard InChI is InChI=1S/C15H19ClO2S2/c1-18-15(17)10-19-13-8-4-5-9-14(13)20-12-7-3-2-6-11(12)16/h2-3,6-7,13-14H,4-5,8-10H2,1H3/t13-,14-/m1/s1. The average Bonchev–Trinajstić information content (AvgIpc) is 2.48. The minimum absolute atomic E-state index is 0.137. The van der Waals surface area contributed by atoms with Crippen LogP contribution < -0.4 is 0 Å². The molecule has 5 heteroatoms. The summed E-state index contributed by atoms with van der Waals surface area (Å²) in [5.41, 5.74) is 0. The fourth-order valence-corrected chi connectivity index (χ4v) is 5.39. The number of halogens is 1. The third kappa shape index (κ3) is 4.61. The smallest absolute Gasteiger partial charge is 0.315 e. The predicted molar refractivity (Wildman–Crippen MR) is 87.8 cm³/mol. The van der Waals surface area contributed by atoms with Gasteiger partial charge in [0, 0.05) is 15.4 Å². The molecule has 0 heterocycles. The Bertz CT molecular complexity index is 453. The number of hydrogen-bond donors (Lipinski definition) is 0. The van der Waals surface area contributed by atoms with Gasteiger partial charge in [0.25, 0.3) is 0 Å². The summed E-state index contributed by atoms with van der Waals surface area (Å²) in [6.07, 6.45) is 4.87. The summed E-state index contributed by atoms with van der Waals surface area (Å²) in [4.78, 5) is 12.4. The highest BCUT2D eigenvalue weighted by Crippen LogP contribution is 2.41. The van der Waals surface area contributed by atoms with E-state index in [1.807, 2.05) is 30.0 Å². The lowest BCUT2D eigenvalue weighted by Gasteiger charge is -2.30. The normalized spacial score (nSPS) is 22.5. The first-order chi connectivity index (χ1) is 9.70. The number of rotatable bonds is 5. The lowest BCUT2D eigenvalue weighted by atomic mass is 10.00. The summed E-state index contributed by atoms with van der Waals surface area (Å²) in [5, 5.41) is 1.85. The Morgan fingerprint density at radius 2 is 2.00 bits per heavy atom.